The molecule has 1 aromatic rings. The number of nitrogens with two attached hydrogens (primary N) is 1. The summed E-state index contributed by atoms with van der Waals surface area (Å²) in [5, 5.41) is 0.552. The zero-order valence-corrected chi connectivity index (χ0v) is 10.7. The summed E-state index contributed by atoms with van der Waals surface area (Å²) in [5.74, 6) is 0. The van der Waals surface area contributed by atoms with Crippen molar-refractivity contribution in [2.45, 2.75) is 25.4 Å². The molecule has 1 rings (SSSR count). The summed E-state index contributed by atoms with van der Waals surface area (Å²) in [6, 6.07) is 6.60. The molecule has 2 atom stereocenters. The highest BCUT2D eigenvalue weighted by Gasteiger charge is 2.24. The molecule has 0 saturated heterocycles. The summed E-state index contributed by atoms with van der Waals surface area (Å²) in [5.41, 5.74) is 6.65. The number of hydrogen-bond donors (Lipinski definition) is 1. The molecule has 2 unspecified atom stereocenters. The van der Waals surface area contributed by atoms with Crippen LogP contribution in [-0.4, -0.2) is 31.0 Å². The van der Waals surface area contributed by atoms with Gasteiger partial charge in [0.1, 0.15) is 0 Å². The molecule has 0 heterocycles. The molecule has 0 spiro atoms. The lowest BCUT2D eigenvalue weighted by Gasteiger charge is -2.31. The molecule has 0 radical (unpaired) electrons. The molecular weight excluding hydrogens is 246 g/mol. The van der Waals surface area contributed by atoms with Crippen molar-refractivity contribution in [1.82, 2.24) is 4.90 Å². The van der Waals surface area contributed by atoms with E-state index in [-0.39, 0.29) is 18.6 Å². The molecule has 17 heavy (non-hydrogen) atoms. The lowest BCUT2D eigenvalue weighted by atomic mass is 9.99. The summed E-state index contributed by atoms with van der Waals surface area (Å²) in [7, 11) is 1.63. The van der Waals surface area contributed by atoms with Crippen molar-refractivity contribution < 1.29 is 8.78 Å². The fourth-order valence-corrected chi connectivity index (χ4v) is 2.22. The van der Waals surface area contributed by atoms with Gasteiger partial charge in [-0.25, -0.2) is 8.78 Å². The van der Waals surface area contributed by atoms with Crippen molar-refractivity contribution in [3.63, 3.8) is 0 Å². The van der Waals surface area contributed by atoms with Gasteiger partial charge >= 0.3 is 0 Å². The third-order valence-electron chi connectivity index (χ3n) is 2.62. The third-order valence-corrected chi connectivity index (χ3v) is 2.97. The minimum Gasteiger partial charge on any atom is -0.326 e. The van der Waals surface area contributed by atoms with Crippen LogP contribution in [0.25, 0.3) is 0 Å². The van der Waals surface area contributed by atoms with E-state index >= 15 is 0 Å². The second-order valence-electron chi connectivity index (χ2n) is 4.16. The van der Waals surface area contributed by atoms with Gasteiger partial charge < -0.3 is 5.73 Å². The Hall–Kier alpha value is -0.710. The maximum atomic E-state index is 12.4. The van der Waals surface area contributed by atoms with Crippen LogP contribution in [0.2, 0.25) is 5.02 Å². The van der Waals surface area contributed by atoms with Crippen LogP contribution in [0, 0.1) is 0 Å². The van der Waals surface area contributed by atoms with E-state index in [2.05, 4.69) is 0 Å². The molecule has 0 aliphatic rings. The predicted molar refractivity (Wildman–Crippen MR) is 66.5 cm³/mol. The molecule has 1 aromatic carbocycles. The minimum atomic E-state index is -2.39. The zero-order chi connectivity index (χ0) is 13.0. The normalized spacial score (nSPS) is 15.3. The van der Waals surface area contributed by atoms with E-state index in [0.29, 0.717) is 5.02 Å². The van der Waals surface area contributed by atoms with Crippen LogP contribution >= 0.6 is 11.6 Å². The van der Waals surface area contributed by atoms with Gasteiger partial charge in [-0.2, -0.15) is 0 Å². The van der Waals surface area contributed by atoms with Crippen LogP contribution in [-0.2, 0) is 0 Å². The maximum absolute atomic E-state index is 12.4. The summed E-state index contributed by atoms with van der Waals surface area (Å²) < 4.78 is 24.8. The van der Waals surface area contributed by atoms with E-state index in [0.717, 1.165) is 5.56 Å². The second-order valence-corrected chi connectivity index (χ2v) is 4.56. The minimum absolute atomic E-state index is 0.279. The second kappa shape index (κ2) is 6.28. The van der Waals surface area contributed by atoms with Crippen molar-refractivity contribution in [2.24, 2.45) is 5.73 Å². The first-order valence-corrected chi connectivity index (χ1v) is 5.79. The average molecular weight is 263 g/mol. The van der Waals surface area contributed by atoms with Crippen LogP contribution < -0.4 is 5.73 Å². The number of benzene rings is 1. The molecule has 0 aromatic heterocycles. The summed E-state index contributed by atoms with van der Waals surface area (Å²) >= 11 is 6.07. The van der Waals surface area contributed by atoms with Gasteiger partial charge in [-0.3, -0.25) is 4.90 Å². The highest BCUT2D eigenvalue weighted by molar-refractivity contribution is 6.31. The predicted octanol–water partition coefficient (Wildman–Crippen LogP) is 2.93. The van der Waals surface area contributed by atoms with Crippen LogP contribution in [0.3, 0.4) is 0 Å². The van der Waals surface area contributed by atoms with Crippen LogP contribution in [0.15, 0.2) is 24.3 Å². The molecule has 96 valence electrons. The van der Waals surface area contributed by atoms with Crippen molar-refractivity contribution in [2.75, 3.05) is 13.6 Å². The van der Waals surface area contributed by atoms with Crippen LogP contribution in [0.4, 0.5) is 8.78 Å². The molecule has 2 nitrogen and oxygen atoms in total. The Morgan fingerprint density at radius 1 is 1.35 bits per heavy atom. The highest BCUT2D eigenvalue weighted by atomic mass is 35.5. The van der Waals surface area contributed by atoms with E-state index < -0.39 is 6.43 Å². The van der Waals surface area contributed by atoms with Gasteiger partial charge in [0, 0.05) is 11.1 Å². The fraction of sp³-hybridized carbons (Fsp3) is 0.500. The summed E-state index contributed by atoms with van der Waals surface area (Å²) in [6.45, 7) is 1.47. The van der Waals surface area contributed by atoms with E-state index in [4.69, 9.17) is 17.3 Å². The van der Waals surface area contributed by atoms with Crippen molar-refractivity contribution >= 4 is 11.6 Å². The number of alkyl halides is 2. The van der Waals surface area contributed by atoms with E-state index in [9.17, 15) is 8.78 Å². The Labute approximate surface area is 105 Å². The highest BCUT2D eigenvalue weighted by Crippen LogP contribution is 2.28. The van der Waals surface area contributed by atoms with Crippen LogP contribution in [0.1, 0.15) is 18.5 Å². The average Bonchev–Trinajstić information content (AvgIpc) is 2.19. The van der Waals surface area contributed by atoms with Crippen molar-refractivity contribution in [1.29, 1.82) is 0 Å². The van der Waals surface area contributed by atoms with Gasteiger partial charge in [0.2, 0.25) is 0 Å². The lowest BCUT2D eigenvalue weighted by molar-refractivity contribution is 0.0755. The van der Waals surface area contributed by atoms with Gasteiger partial charge in [0.25, 0.3) is 6.43 Å². The number of hydrogen-bond acceptors (Lipinski definition) is 2. The fourth-order valence-electron chi connectivity index (χ4n) is 1.97. The van der Waals surface area contributed by atoms with Gasteiger partial charge in [-0.15, -0.1) is 0 Å². The van der Waals surface area contributed by atoms with E-state index in [1.165, 1.54) is 4.90 Å². The van der Waals surface area contributed by atoms with Crippen molar-refractivity contribution in [3.8, 4) is 0 Å². The van der Waals surface area contributed by atoms with Gasteiger partial charge in [0.05, 0.1) is 12.6 Å². The molecule has 0 fully saturated rings. The van der Waals surface area contributed by atoms with Crippen molar-refractivity contribution in [3.05, 3.63) is 34.9 Å². The quantitative estimate of drug-likeness (QED) is 0.884. The molecule has 0 amide bonds. The lowest BCUT2D eigenvalue weighted by Crippen LogP contribution is -2.39. The Bertz CT molecular complexity index is 358. The van der Waals surface area contributed by atoms with E-state index in [1.54, 1.807) is 26.1 Å². The maximum Gasteiger partial charge on any atom is 0.251 e. The Kier molecular flexibility index (Phi) is 5.31. The SMILES string of the molecule is CC(N)C(c1ccccc1Cl)N(C)CC(F)F. The number of nitrogens with zero attached hydrogens (tertiary/aromatic N) is 1. The molecule has 0 aliphatic carbocycles. The third kappa shape index (κ3) is 3.91. The van der Waals surface area contributed by atoms with Gasteiger partial charge in [0.15, 0.2) is 0 Å². The first-order valence-electron chi connectivity index (χ1n) is 5.42. The van der Waals surface area contributed by atoms with Crippen LogP contribution in [0.5, 0.6) is 0 Å². The monoisotopic (exact) mass is 262 g/mol. The Morgan fingerprint density at radius 2 is 1.94 bits per heavy atom. The standard InChI is InChI=1S/C12H17ClF2N2/c1-8(16)12(17(2)7-11(14)15)9-5-3-4-6-10(9)13/h3-6,8,11-12H,7,16H2,1-2H3. The molecule has 2 N–H and O–H groups in total. The van der Waals surface area contributed by atoms with E-state index in [1.807, 2.05) is 12.1 Å². The Balaban J connectivity index is 2.97. The topological polar surface area (TPSA) is 29.3 Å². The molecule has 5 heteroatoms. The largest absolute Gasteiger partial charge is 0.326 e. The van der Waals surface area contributed by atoms with Gasteiger partial charge in [-0.1, -0.05) is 29.8 Å². The van der Waals surface area contributed by atoms with Gasteiger partial charge in [-0.05, 0) is 25.6 Å². The number of halogens is 3. The molecule has 0 aliphatic heterocycles. The molecular formula is C12H17ClF2N2. The number of likely N-dealkylation sites (N-methyl/N-ethyl adjacent to an activating group) is 1. The molecule has 0 saturated carbocycles. The summed E-state index contributed by atoms with van der Waals surface area (Å²) in [6.07, 6.45) is -2.39. The Morgan fingerprint density at radius 3 is 2.41 bits per heavy atom. The molecule has 0 bridgehead atoms. The number of rotatable bonds is 5. The first kappa shape index (κ1) is 14.4. The smallest absolute Gasteiger partial charge is 0.251 e. The first-order chi connectivity index (χ1) is 7.93. The summed E-state index contributed by atoms with van der Waals surface area (Å²) in [4.78, 5) is 1.54. The zero-order valence-electron chi connectivity index (χ0n) is 9.91.